The summed E-state index contributed by atoms with van der Waals surface area (Å²) in [6.45, 7) is 7.25. The standard InChI is InChI=1S/C18H26N2O/c1-5-14-7-6-8-16(13-14)20-17(21)10-9-15(11-12-19)18(2,3)4/h1,6-8,13,15H,9-12,19H2,2-4H3,(H,20,21). The van der Waals surface area contributed by atoms with Crippen molar-refractivity contribution in [1.82, 2.24) is 0 Å². The van der Waals surface area contributed by atoms with Gasteiger partial charge >= 0.3 is 0 Å². The highest BCUT2D eigenvalue weighted by Crippen LogP contribution is 2.32. The molecule has 1 aromatic rings. The number of amides is 1. The number of rotatable bonds is 6. The fourth-order valence-corrected chi connectivity index (χ4v) is 2.43. The van der Waals surface area contributed by atoms with Crippen LogP contribution in [0, 0.1) is 23.7 Å². The van der Waals surface area contributed by atoms with Gasteiger partial charge in [0.1, 0.15) is 0 Å². The van der Waals surface area contributed by atoms with E-state index in [2.05, 4.69) is 32.0 Å². The van der Waals surface area contributed by atoms with Crippen LogP contribution >= 0.6 is 0 Å². The Bertz CT molecular complexity index is 509. The number of anilines is 1. The Morgan fingerprint density at radius 1 is 1.38 bits per heavy atom. The summed E-state index contributed by atoms with van der Waals surface area (Å²) in [4.78, 5) is 12.1. The van der Waals surface area contributed by atoms with Gasteiger partial charge in [0, 0.05) is 17.7 Å². The number of carbonyl (C=O) groups is 1. The van der Waals surface area contributed by atoms with E-state index in [-0.39, 0.29) is 11.3 Å². The first kappa shape index (κ1) is 17.3. The summed E-state index contributed by atoms with van der Waals surface area (Å²) < 4.78 is 0. The molecule has 1 aromatic carbocycles. The molecule has 0 spiro atoms. The highest BCUT2D eigenvalue weighted by Gasteiger charge is 2.24. The quantitative estimate of drug-likeness (QED) is 0.787. The normalized spacial score (nSPS) is 12.5. The van der Waals surface area contributed by atoms with Gasteiger partial charge in [-0.25, -0.2) is 0 Å². The van der Waals surface area contributed by atoms with Crippen molar-refractivity contribution in [2.75, 3.05) is 11.9 Å². The van der Waals surface area contributed by atoms with E-state index in [1.807, 2.05) is 18.2 Å². The van der Waals surface area contributed by atoms with Crippen LogP contribution in [0.2, 0.25) is 0 Å². The molecule has 0 radical (unpaired) electrons. The van der Waals surface area contributed by atoms with Crippen LogP contribution in [0.3, 0.4) is 0 Å². The van der Waals surface area contributed by atoms with Crippen molar-refractivity contribution in [2.24, 2.45) is 17.1 Å². The molecule has 1 amide bonds. The maximum atomic E-state index is 12.1. The summed E-state index contributed by atoms with van der Waals surface area (Å²) >= 11 is 0. The Morgan fingerprint density at radius 3 is 2.67 bits per heavy atom. The maximum absolute atomic E-state index is 12.1. The fraction of sp³-hybridized carbons (Fsp3) is 0.500. The summed E-state index contributed by atoms with van der Waals surface area (Å²) in [5.41, 5.74) is 7.36. The van der Waals surface area contributed by atoms with Gasteiger partial charge in [0.2, 0.25) is 5.91 Å². The number of hydrogen-bond acceptors (Lipinski definition) is 2. The minimum absolute atomic E-state index is 0.0236. The van der Waals surface area contributed by atoms with E-state index in [9.17, 15) is 4.79 Å². The zero-order valence-electron chi connectivity index (χ0n) is 13.3. The highest BCUT2D eigenvalue weighted by molar-refractivity contribution is 5.90. The maximum Gasteiger partial charge on any atom is 0.224 e. The number of benzene rings is 1. The van der Waals surface area contributed by atoms with Crippen LogP contribution in [0.5, 0.6) is 0 Å². The summed E-state index contributed by atoms with van der Waals surface area (Å²) in [5.74, 6) is 3.04. The fourth-order valence-electron chi connectivity index (χ4n) is 2.43. The monoisotopic (exact) mass is 286 g/mol. The first-order valence-electron chi connectivity index (χ1n) is 7.43. The van der Waals surface area contributed by atoms with Gasteiger partial charge in [-0.3, -0.25) is 4.79 Å². The van der Waals surface area contributed by atoms with Gasteiger partial charge in [-0.2, -0.15) is 0 Å². The van der Waals surface area contributed by atoms with E-state index >= 15 is 0 Å². The van der Waals surface area contributed by atoms with Gasteiger partial charge < -0.3 is 11.1 Å². The summed E-state index contributed by atoms with van der Waals surface area (Å²) in [6.07, 6.45) is 7.65. The minimum Gasteiger partial charge on any atom is -0.330 e. The van der Waals surface area contributed by atoms with Crippen molar-refractivity contribution in [3.8, 4) is 12.3 Å². The number of nitrogens with two attached hydrogens (primary N) is 1. The number of nitrogens with one attached hydrogen (secondary N) is 1. The average molecular weight is 286 g/mol. The lowest BCUT2D eigenvalue weighted by atomic mass is 9.76. The predicted octanol–water partition coefficient (Wildman–Crippen LogP) is 3.40. The van der Waals surface area contributed by atoms with Gasteiger partial charge in [0.15, 0.2) is 0 Å². The average Bonchev–Trinajstić information content (AvgIpc) is 2.42. The van der Waals surface area contributed by atoms with Crippen LogP contribution < -0.4 is 11.1 Å². The largest absolute Gasteiger partial charge is 0.330 e. The SMILES string of the molecule is C#Cc1cccc(NC(=O)CCC(CCN)C(C)(C)C)c1. The zero-order chi connectivity index (χ0) is 15.9. The van der Waals surface area contributed by atoms with Gasteiger partial charge in [-0.05, 0) is 48.9 Å². The minimum atomic E-state index is 0.0236. The molecule has 1 atom stereocenters. The van der Waals surface area contributed by atoms with Crippen molar-refractivity contribution in [1.29, 1.82) is 0 Å². The molecular formula is C18H26N2O. The number of carbonyl (C=O) groups excluding carboxylic acids is 1. The first-order chi connectivity index (χ1) is 9.86. The van der Waals surface area contributed by atoms with E-state index in [1.165, 1.54) is 0 Å². The molecule has 0 aliphatic rings. The molecule has 0 aliphatic heterocycles. The van der Waals surface area contributed by atoms with E-state index in [4.69, 9.17) is 12.2 Å². The van der Waals surface area contributed by atoms with Crippen molar-refractivity contribution < 1.29 is 4.79 Å². The van der Waals surface area contributed by atoms with Crippen molar-refractivity contribution >= 4 is 11.6 Å². The van der Waals surface area contributed by atoms with Crippen LogP contribution in [0.1, 0.15) is 45.6 Å². The molecule has 114 valence electrons. The summed E-state index contributed by atoms with van der Waals surface area (Å²) in [5, 5.41) is 2.90. The molecule has 0 fully saturated rings. The van der Waals surface area contributed by atoms with Gasteiger partial charge in [0.05, 0.1) is 0 Å². The van der Waals surface area contributed by atoms with Crippen molar-refractivity contribution in [3.63, 3.8) is 0 Å². The van der Waals surface area contributed by atoms with E-state index < -0.39 is 0 Å². The summed E-state index contributed by atoms with van der Waals surface area (Å²) in [7, 11) is 0. The van der Waals surface area contributed by atoms with Crippen LogP contribution in [0.15, 0.2) is 24.3 Å². The second-order valence-electron chi connectivity index (χ2n) is 6.45. The van der Waals surface area contributed by atoms with Crippen molar-refractivity contribution in [3.05, 3.63) is 29.8 Å². The Balaban J connectivity index is 2.55. The van der Waals surface area contributed by atoms with Crippen LogP contribution in [-0.2, 0) is 4.79 Å². The smallest absolute Gasteiger partial charge is 0.224 e. The molecule has 3 nitrogen and oxygen atoms in total. The molecule has 3 heteroatoms. The molecule has 0 saturated carbocycles. The molecule has 0 aliphatic carbocycles. The topological polar surface area (TPSA) is 55.1 Å². The van der Waals surface area contributed by atoms with Gasteiger partial charge in [-0.1, -0.05) is 32.8 Å². The van der Waals surface area contributed by atoms with Crippen LogP contribution in [-0.4, -0.2) is 12.5 Å². The van der Waals surface area contributed by atoms with Crippen molar-refractivity contribution in [2.45, 2.75) is 40.0 Å². The second-order valence-corrected chi connectivity index (χ2v) is 6.45. The molecule has 1 rings (SSSR count). The number of hydrogen-bond donors (Lipinski definition) is 2. The van der Waals surface area contributed by atoms with E-state index in [1.54, 1.807) is 6.07 Å². The third kappa shape index (κ3) is 6.01. The van der Waals surface area contributed by atoms with Gasteiger partial charge in [-0.15, -0.1) is 6.42 Å². The molecule has 0 bridgehead atoms. The first-order valence-corrected chi connectivity index (χ1v) is 7.43. The zero-order valence-corrected chi connectivity index (χ0v) is 13.3. The predicted molar refractivity (Wildman–Crippen MR) is 88.9 cm³/mol. The lowest BCUT2D eigenvalue weighted by molar-refractivity contribution is -0.116. The highest BCUT2D eigenvalue weighted by atomic mass is 16.1. The van der Waals surface area contributed by atoms with Crippen LogP contribution in [0.25, 0.3) is 0 Å². The Hall–Kier alpha value is -1.79. The number of terminal acetylenes is 1. The lowest BCUT2D eigenvalue weighted by Gasteiger charge is -2.30. The van der Waals surface area contributed by atoms with E-state index in [0.717, 1.165) is 24.1 Å². The molecule has 1 unspecified atom stereocenters. The third-order valence-electron chi connectivity index (χ3n) is 3.77. The molecular weight excluding hydrogens is 260 g/mol. The van der Waals surface area contributed by atoms with Crippen LogP contribution in [0.4, 0.5) is 5.69 Å². The molecule has 0 heterocycles. The summed E-state index contributed by atoms with van der Waals surface area (Å²) in [6, 6.07) is 7.34. The third-order valence-corrected chi connectivity index (χ3v) is 3.77. The second kappa shape index (κ2) is 7.85. The molecule has 3 N–H and O–H groups in total. The Morgan fingerprint density at radius 2 is 2.10 bits per heavy atom. The molecule has 0 aromatic heterocycles. The Kier molecular flexibility index (Phi) is 6.45. The Labute approximate surface area is 128 Å². The van der Waals surface area contributed by atoms with Gasteiger partial charge in [0.25, 0.3) is 0 Å². The molecule has 21 heavy (non-hydrogen) atoms. The molecule has 0 saturated heterocycles. The lowest BCUT2D eigenvalue weighted by Crippen LogP contribution is -2.25. The van der Waals surface area contributed by atoms with E-state index in [0.29, 0.717) is 18.9 Å².